The van der Waals surface area contributed by atoms with Crippen LogP contribution in [0, 0.1) is 0 Å². The first kappa shape index (κ1) is 23.8. The highest BCUT2D eigenvalue weighted by Gasteiger charge is 2.37. The van der Waals surface area contributed by atoms with Gasteiger partial charge in [-0.15, -0.1) is 0 Å². The molecule has 1 fully saturated rings. The van der Waals surface area contributed by atoms with Crippen LogP contribution in [0.25, 0.3) is 0 Å². The molecular weight excluding hydrogens is 404 g/mol. The summed E-state index contributed by atoms with van der Waals surface area (Å²) >= 11 is 0. The maximum absolute atomic E-state index is 12.6. The second-order valence-corrected chi connectivity index (χ2v) is 9.22. The predicted molar refractivity (Wildman–Crippen MR) is 124 cm³/mol. The molecule has 2 unspecified atom stereocenters. The van der Waals surface area contributed by atoms with Crippen LogP contribution in [-0.2, 0) is 27.2 Å². The molecule has 172 valence electrons. The van der Waals surface area contributed by atoms with Gasteiger partial charge >= 0.3 is 12.1 Å². The van der Waals surface area contributed by atoms with Crippen LogP contribution in [0.15, 0.2) is 54.6 Å². The third-order valence-corrected chi connectivity index (χ3v) is 5.44. The summed E-state index contributed by atoms with van der Waals surface area (Å²) in [5, 5.41) is 3.09. The normalized spacial score (nSPS) is 18.9. The Balaban J connectivity index is 1.83. The van der Waals surface area contributed by atoms with Crippen molar-refractivity contribution in [2.24, 2.45) is 0 Å². The summed E-state index contributed by atoms with van der Waals surface area (Å²) in [6.45, 7) is 10.0. The maximum Gasteiger partial charge on any atom is 0.407 e. The van der Waals surface area contributed by atoms with Crippen molar-refractivity contribution < 1.29 is 19.1 Å². The van der Waals surface area contributed by atoms with Crippen molar-refractivity contribution in [1.29, 1.82) is 0 Å². The molecule has 1 heterocycles. The Hall–Kier alpha value is -2.86. The number of nitrogens with zero attached hydrogens (tertiary/aromatic N) is 1. The van der Waals surface area contributed by atoms with Crippen LogP contribution in [0.3, 0.4) is 0 Å². The van der Waals surface area contributed by atoms with Gasteiger partial charge in [-0.1, -0.05) is 54.6 Å². The van der Waals surface area contributed by atoms with E-state index in [0.29, 0.717) is 13.2 Å². The van der Waals surface area contributed by atoms with Crippen LogP contribution in [0.5, 0.6) is 0 Å². The van der Waals surface area contributed by atoms with Crippen molar-refractivity contribution in [3.05, 3.63) is 71.3 Å². The summed E-state index contributed by atoms with van der Waals surface area (Å²) in [4.78, 5) is 27.1. The molecule has 2 aromatic rings. The third-order valence-electron chi connectivity index (χ3n) is 5.44. The monoisotopic (exact) mass is 438 g/mol. The maximum atomic E-state index is 12.6. The Kier molecular flexibility index (Phi) is 7.91. The molecule has 0 radical (unpaired) electrons. The Morgan fingerprint density at radius 2 is 1.72 bits per heavy atom. The van der Waals surface area contributed by atoms with E-state index in [-0.39, 0.29) is 24.3 Å². The summed E-state index contributed by atoms with van der Waals surface area (Å²) in [6, 6.07) is 18.1. The molecule has 3 rings (SSSR count). The first-order valence-electron chi connectivity index (χ1n) is 11.2. The molecule has 1 saturated heterocycles. The lowest BCUT2D eigenvalue weighted by Gasteiger charge is -2.25. The highest BCUT2D eigenvalue weighted by atomic mass is 16.6. The number of nitrogens with one attached hydrogen (secondary N) is 1. The van der Waals surface area contributed by atoms with Crippen molar-refractivity contribution in [3.63, 3.8) is 0 Å². The van der Waals surface area contributed by atoms with Gasteiger partial charge in [-0.05, 0) is 44.4 Å². The minimum absolute atomic E-state index is 0.0388. The fourth-order valence-electron chi connectivity index (χ4n) is 4.20. The Morgan fingerprint density at radius 3 is 2.41 bits per heavy atom. The number of hydrogen-bond acceptors (Lipinski definition) is 5. The number of likely N-dealkylation sites (tertiary alicyclic amines) is 1. The molecule has 6 heteroatoms. The number of carbonyl (C=O) groups excluding carboxylic acids is 2. The molecule has 6 nitrogen and oxygen atoms in total. The standard InChI is InChI=1S/C26H34N2O4/c1-5-31-24(29)15-20-13-9-10-14-21(20)22-17-28(16-19-11-7-6-8-12-19)18-23(22)27-25(30)32-26(2,3)4/h6-14,22-23H,5,15-18H2,1-4H3,(H,27,30). The molecule has 1 aliphatic rings. The first-order valence-corrected chi connectivity index (χ1v) is 11.2. The lowest BCUT2D eigenvalue weighted by atomic mass is 9.89. The zero-order valence-electron chi connectivity index (χ0n) is 19.5. The number of ether oxygens (including phenoxy) is 2. The van der Waals surface area contributed by atoms with Gasteiger partial charge in [0.1, 0.15) is 5.60 Å². The Bertz CT molecular complexity index is 908. The minimum Gasteiger partial charge on any atom is -0.466 e. The predicted octanol–water partition coefficient (Wildman–Crippen LogP) is 4.28. The number of hydrogen-bond donors (Lipinski definition) is 1. The van der Waals surface area contributed by atoms with E-state index in [2.05, 4.69) is 28.4 Å². The number of alkyl carbamates (subject to hydrolysis) is 1. The lowest BCUT2D eigenvalue weighted by molar-refractivity contribution is -0.142. The quantitative estimate of drug-likeness (QED) is 0.654. The molecule has 1 aliphatic heterocycles. The number of carbonyl (C=O) groups is 2. The van der Waals surface area contributed by atoms with Gasteiger partial charge in [0.05, 0.1) is 19.1 Å². The summed E-state index contributed by atoms with van der Waals surface area (Å²) in [6.07, 6.45) is -0.199. The molecular formula is C26H34N2O4. The highest BCUT2D eigenvalue weighted by Crippen LogP contribution is 2.32. The summed E-state index contributed by atoms with van der Waals surface area (Å²) in [5.74, 6) is -0.201. The second-order valence-electron chi connectivity index (χ2n) is 9.22. The fourth-order valence-corrected chi connectivity index (χ4v) is 4.20. The van der Waals surface area contributed by atoms with E-state index in [1.54, 1.807) is 0 Å². The van der Waals surface area contributed by atoms with Crippen molar-refractivity contribution in [3.8, 4) is 0 Å². The molecule has 0 saturated carbocycles. The third kappa shape index (κ3) is 6.82. The summed E-state index contributed by atoms with van der Waals surface area (Å²) in [7, 11) is 0. The Morgan fingerprint density at radius 1 is 1.03 bits per heavy atom. The van der Waals surface area contributed by atoms with Crippen LogP contribution in [0.2, 0.25) is 0 Å². The average molecular weight is 439 g/mol. The molecule has 0 aromatic heterocycles. The van der Waals surface area contributed by atoms with Gasteiger partial charge in [0.2, 0.25) is 0 Å². The SMILES string of the molecule is CCOC(=O)Cc1ccccc1C1CN(Cc2ccccc2)CC1NC(=O)OC(C)(C)C. The van der Waals surface area contributed by atoms with E-state index in [9.17, 15) is 9.59 Å². The van der Waals surface area contributed by atoms with Gasteiger partial charge < -0.3 is 14.8 Å². The largest absolute Gasteiger partial charge is 0.466 e. The van der Waals surface area contributed by atoms with Gasteiger partial charge in [0, 0.05) is 25.6 Å². The van der Waals surface area contributed by atoms with Gasteiger partial charge in [-0.25, -0.2) is 4.79 Å². The highest BCUT2D eigenvalue weighted by molar-refractivity contribution is 5.73. The van der Waals surface area contributed by atoms with Gasteiger partial charge in [-0.2, -0.15) is 0 Å². The zero-order valence-corrected chi connectivity index (χ0v) is 19.5. The average Bonchev–Trinajstić information content (AvgIpc) is 3.09. The molecule has 2 aromatic carbocycles. The van der Waals surface area contributed by atoms with Crippen LogP contribution in [0.1, 0.15) is 50.3 Å². The molecule has 32 heavy (non-hydrogen) atoms. The van der Waals surface area contributed by atoms with Crippen molar-refractivity contribution in [1.82, 2.24) is 10.2 Å². The first-order chi connectivity index (χ1) is 15.2. The topological polar surface area (TPSA) is 67.9 Å². The minimum atomic E-state index is -0.566. The van der Waals surface area contributed by atoms with E-state index >= 15 is 0 Å². The van der Waals surface area contributed by atoms with Crippen LogP contribution in [-0.4, -0.2) is 48.3 Å². The van der Waals surface area contributed by atoms with Crippen LogP contribution < -0.4 is 5.32 Å². The molecule has 0 aliphatic carbocycles. The number of benzene rings is 2. The van der Waals surface area contributed by atoms with Crippen LogP contribution in [0.4, 0.5) is 4.79 Å². The molecule has 2 atom stereocenters. The molecule has 1 amide bonds. The van der Waals surface area contributed by atoms with Gasteiger partial charge in [0.15, 0.2) is 0 Å². The van der Waals surface area contributed by atoms with E-state index in [4.69, 9.17) is 9.47 Å². The van der Waals surface area contributed by atoms with Crippen LogP contribution >= 0.6 is 0 Å². The van der Waals surface area contributed by atoms with Gasteiger partial charge in [0.25, 0.3) is 0 Å². The molecule has 0 bridgehead atoms. The number of esters is 1. The van der Waals surface area contributed by atoms with E-state index in [1.807, 2.05) is 64.1 Å². The summed E-state index contributed by atoms with van der Waals surface area (Å²) < 4.78 is 10.7. The Labute approximate surface area is 190 Å². The number of rotatable bonds is 7. The molecule has 1 N–H and O–H groups in total. The van der Waals surface area contributed by atoms with Crippen molar-refractivity contribution in [2.75, 3.05) is 19.7 Å². The lowest BCUT2D eigenvalue weighted by Crippen LogP contribution is -2.42. The van der Waals surface area contributed by atoms with Crippen molar-refractivity contribution >= 4 is 12.1 Å². The second kappa shape index (κ2) is 10.6. The van der Waals surface area contributed by atoms with Crippen molar-refractivity contribution in [2.45, 2.75) is 58.2 Å². The van der Waals surface area contributed by atoms with Gasteiger partial charge in [-0.3, -0.25) is 9.69 Å². The summed E-state index contributed by atoms with van der Waals surface area (Å²) in [5.41, 5.74) is 2.67. The number of amides is 1. The zero-order chi connectivity index (χ0) is 23.1. The van der Waals surface area contributed by atoms with E-state index < -0.39 is 11.7 Å². The van der Waals surface area contributed by atoms with E-state index in [1.165, 1.54) is 5.56 Å². The fraction of sp³-hybridized carbons (Fsp3) is 0.462. The smallest absolute Gasteiger partial charge is 0.407 e. The molecule has 0 spiro atoms. The van der Waals surface area contributed by atoms with E-state index in [0.717, 1.165) is 24.2 Å².